The van der Waals surface area contributed by atoms with Gasteiger partial charge in [-0.3, -0.25) is 0 Å². The van der Waals surface area contributed by atoms with Crippen LogP contribution in [0.4, 0.5) is 0 Å². The van der Waals surface area contributed by atoms with Crippen LogP contribution in [0.25, 0.3) is 0 Å². The van der Waals surface area contributed by atoms with Gasteiger partial charge in [-0.25, -0.2) is 0 Å². The Morgan fingerprint density at radius 3 is 2.76 bits per heavy atom. The molecule has 0 saturated carbocycles. The van der Waals surface area contributed by atoms with Gasteiger partial charge in [-0.1, -0.05) is 21.1 Å². The van der Waals surface area contributed by atoms with E-state index in [0.717, 1.165) is 20.4 Å². The van der Waals surface area contributed by atoms with Crippen molar-refractivity contribution < 1.29 is 9.26 Å². The number of aromatic nitrogens is 1. The Morgan fingerprint density at radius 2 is 2.12 bits per heavy atom. The fourth-order valence-corrected chi connectivity index (χ4v) is 2.42. The summed E-state index contributed by atoms with van der Waals surface area (Å²) in [6.45, 7) is 0.693. The van der Waals surface area contributed by atoms with E-state index in [2.05, 4.69) is 37.0 Å². The van der Waals surface area contributed by atoms with Gasteiger partial charge in [0.1, 0.15) is 12.4 Å². The summed E-state index contributed by atoms with van der Waals surface area (Å²) >= 11 is 6.80. The van der Waals surface area contributed by atoms with E-state index in [1.807, 2.05) is 18.2 Å². The number of ether oxygens (including phenoxy) is 1. The molecule has 6 heteroatoms. The number of rotatable bonds is 4. The molecule has 2 N–H and O–H groups in total. The Labute approximate surface area is 115 Å². The third-order valence-corrected chi connectivity index (χ3v) is 3.19. The van der Waals surface area contributed by atoms with Gasteiger partial charge in [0.15, 0.2) is 5.76 Å². The maximum absolute atomic E-state index is 5.59. The zero-order valence-corrected chi connectivity index (χ0v) is 12.0. The predicted octanol–water partition coefficient (Wildman–Crippen LogP) is 3.24. The first kappa shape index (κ1) is 12.6. The van der Waals surface area contributed by atoms with Crippen molar-refractivity contribution in [1.82, 2.24) is 5.16 Å². The Kier molecular flexibility index (Phi) is 4.20. The van der Waals surface area contributed by atoms with Crippen LogP contribution in [0.15, 0.2) is 37.7 Å². The summed E-state index contributed by atoms with van der Waals surface area (Å²) in [5, 5.41) is 3.78. The van der Waals surface area contributed by atoms with E-state index in [4.69, 9.17) is 15.0 Å². The van der Waals surface area contributed by atoms with Gasteiger partial charge >= 0.3 is 0 Å². The van der Waals surface area contributed by atoms with Crippen LogP contribution >= 0.6 is 31.9 Å². The highest BCUT2D eigenvalue weighted by molar-refractivity contribution is 9.11. The average molecular weight is 362 g/mol. The van der Waals surface area contributed by atoms with E-state index in [0.29, 0.717) is 18.9 Å². The third kappa shape index (κ3) is 3.31. The normalized spacial score (nSPS) is 10.5. The molecule has 0 amide bonds. The fraction of sp³-hybridized carbons (Fsp3) is 0.182. The van der Waals surface area contributed by atoms with Crippen LogP contribution < -0.4 is 10.5 Å². The molecule has 1 aromatic carbocycles. The highest BCUT2D eigenvalue weighted by Gasteiger charge is 2.06. The van der Waals surface area contributed by atoms with Gasteiger partial charge in [0.2, 0.25) is 0 Å². The zero-order valence-electron chi connectivity index (χ0n) is 8.82. The van der Waals surface area contributed by atoms with E-state index in [1.54, 1.807) is 6.07 Å². The number of nitrogens with two attached hydrogens (primary N) is 1. The monoisotopic (exact) mass is 360 g/mol. The van der Waals surface area contributed by atoms with E-state index < -0.39 is 0 Å². The van der Waals surface area contributed by atoms with Crippen LogP contribution in [-0.2, 0) is 13.2 Å². The molecule has 0 unspecified atom stereocenters. The van der Waals surface area contributed by atoms with Crippen LogP contribution in [0, 0.1) is 0 Å². The minimum absolute atomic E-state index is 0.327. The first-order chi connectivity index (χ1) is 8.19. The molecule has 0 bridgehead atoms. The largest absolute Gasteiger partial charge is 0.484 e. The lowest BCUT2D eigenvalue weighted by atomic mass is 10.3. The van der Waals surface area contributed by atoms with Crippen LogP contribution in [-0.4, -0.2) is 5.16 Å². The van der Waals surface area contributed by atoms with Gasteiger partial charge < -0.3 is 15.0 Å². The van der Waals surface area contributed by atoms with E-state index in [1.165, 1.54) is 0 Å². The van der Waals surface area contributed by atoms with Crippen LogP contribution in [0.1, 0.15) is 11.5 Å². The van der Waals surface area contributed by atoms with E-state index in [9.17, 15) is 0 Å². The summed E-state index contributed by atoms with van der Waals surface area (Å²) in [6, 6.07) is 7.48. The minimum Gasteiger partial charge on any atom is -0.484 e. The van der Waals surface area contributed by atoms with Crippen molar-refractivity contribution in [2.24, 2.45) is 5.73 Å². The van der Waals surface area contributed by atoms with Crippen molar-refractivity contribution in [3.63, 3.8) is 0 Å². The molecular formula is C11H10Br2N2O2. The lowest BCUT2D eigenvalue weighted by Gasteiger charge is -2.06. The van der Waals surface area contributed by atoms with Crippen LogP contribution in [0.2, 0.25) is 0 Å². The molecule has 17 heavy (non-hydrogen) atoms. The van der Waals surface area contributed by atoms with Gasteiger partial charge in [0, 0.05) is 17.1 Å². The molecule has 0 spiro atoms. The maximum atomic E-state index is 5.59. The van der Waals surface area contributed by atoms with Crippen LogP contribution in [0.5, 0.6) is 5.75 Å². The first-order valence-corrected chi connectivity index (χ1v) is 6.50. The Balaban J connectivity index is 2.02. The number of benzene rings is 1. The van der Waals surface area contributed by atoms with Crippen molar-refractivity contribution in [2.45, 2.75) is 13.2 Å². The maximum Gasteiger partial charge on any atom is 0.174 e. The van der Waals surface area contributed by atoms with Gasteiger partial charge in [-0.15, -0.1) is 0 Å². The SMILES string of the molecule is NCc1cc(COc2ccc(Br)cc2Br)on1. The topological polar surface area (TPSA) is 61.3 Å². The fourth-order valence-electron chi connectivity index (χ4n) is 1.26. The van der Waals surface area contributed by atoms with Crippen molar-refractivity contribution in [2.75, 3.05) is 0 Å². The van der Waals surface area contributed by atoms with Crippen molar-refractivity contribution in [1.29, 1.82) is 0 Å². The Bertz CT molecular complexity index is 514. The molecule has 1 heterocycles. The summed E-state index contributed by atoms with van der Waals surface area (Å²) in [4.78, 5) is 0. The van der Waals surface area contributed by atoms with Crippen molar-refractivity contribution >= 4 is 31.9 Å². The van der Waals surface area contributed by atoms with Gasteiger partial charge in [-0.05, 0) is 34.1 Å². The molecule has 0 fully saturated rings. The van der Waals surface area contributed by atoms with E-state index in [-0.39, 0.29) is 0 Å². The molecule has 1 aromatic heterocycles. The molecule has 0 aliphatic heterocycles. The summed E-state index contributed by atoms with van der Waals surface area (Å²) in [7, 11) is 0. The number of hydrogen-bond donors (Lipinski definition) is 1. The summed E-state index contributed by atoms with van der Waals surface area (Å²) in [5.41, 5.74) is 6.16. The molecule has 0 aliphatic rings. The van der Waals surface area contributed by atoms with Gasteiger partial charge in [-0.2, -0.15) is 0 Å². The molecule has 0 radical (unpaired) electrons. The second kappa shape index (κ2) is 5.66. The highest BCUT2D eigenvalue weighted by Crippen LogP contribution is 2.28. The zero-order chi connectivity index (χ0) is 12.3. The standard InChI is InChI=1S/C11H10Br2N2O2/c12-7-1-2-11(10(13)3-7)16-6-9-4-8(5-14)15-17-9/h1-4H,5-6,14H2. The highest BCUT2D eigenvalue weighted by atomic mass is 79.9. The van der Waals surface area contributed by atoms with Crippen molar-refractivity contribution in [3.8, 4) is 5.75 Å². The second-order valence-electron chi connectivity index (χ2n) is 3.35. The number of hydrogen-bond acceptors (Lipinski definition) is 4. The van der Waals surface area contributed by atoms with Gasteiger partial charge in [0.25, 0.3) is 0 Å². The van der Waals surface area contributed by atoms with Gasteiger partial charge in [0.05, 0.1) is 10.2 Å². The third-order valence-electron chi connectivity index (χ3n) is 2.08. The predicted molar refractivity (Wildman–Crippen MR) is 70.6 cm³/mol. The Morgan fingerprint density at radius 1 is 1.29 bits per heavy atom. The quantitative estimate of drug-likeness (QED) is 0.908. The molecule has 90 valence electrons. The van der Waals surface area contributed by atoms with Crippen LogP contribution in [0.3, 0.4) is 0 Å². The molecule has 0 atom stereocenters. The van der Waals surface area contributed by atoms with E-state index >= 15 is 0 Å². The number of halogens is 2. The molecule has 2 aromatic rings. The molecule has 0 aliphatic carbocycles. The summed E-state index contributed by atoms with van der Waals surface area (Å²) < 4.78 is 12.5. The second-order valence-corrected chi connectivity index (χ2v) is 5.12. The minimum atomic E-state index is 0.327. The molecule has 2 rings (SSSR count). The molecule has 0 saturated heterocycles. The lowest BCUT2D eigenvalue weighted by Crippen LogP contribution is -1.96. The van der Waals surface area contributed by atoms with Crippen molar-refractivity contribution in [3.05, 3.63) is 44.7 Å². The molecule has 4 nitrogen and oxygen atoms in total. The summed E-state index contributed by atoms with van der Waals surface area (Å²) in [6.07, 6.45) is 0. The molecular weight excluding hydrogens is 352 g/mol. The first-order valence-electron chi connectivity index (χ1n) is 4.91. The summed E-state index contributed by atoms with van der Waals surface area (Å²) in [5.74, 6) is 1.40. The Hall–Kier alpha value is -0.850. The average Bonchev–Trinajstić information content (AvgIpc) is 2.76. The smallest absolute Gasteiger partial charge is 0.174 e. The number of nitrogens with zero attached hydrogens (tertiary/aromatic N) is 1. The lowest BCUT2D eigenvalue weighted by molar-refractivity contribution is 0.247.